The molecule has 19 heavy (non-hydrogen) atoms. The number of rotatable bonds is 4. The highest BCUT2D eigenvalue weighted by atomic mass is 28.4. The first kappa shape index (κ1) is 15.9. The van der Waals surface area contributed by atoms with E-state index in [9.17, 15) is 4.79 Å². The molecule has 6 heteroatoms. The van der Waals surface area contributed by atoms with E-state index in [2.05, 4.69) is 0 Å². The van der Waals surface area contributed by atoms with Gasteiger partial charge in [-0.2, -0.15) is 0 Å². The van der Waals surface area contributed by atoms with Crippen LogP contribution in [0, 0.1) is 13.8 Å². The number of methoxy groups -OCH3 is 1. The van der Waals surface area contributed by atoms with E-state index in [1.807, 2.05) is 33.5 Å². The molecule has 0 atom stereocenters. The van der Waals surface area contributed by atoms with Crippen molar-refractivity contribution in [3.63, 3.8) is 0 Å². The summed E-state index contributed by atoms with van der Waals surface area (Å²) in [5.74, 6) is 0.124. The molecule has 0 unspecified atom stereocenters. The number of carbonyl (C=O) groups excluding carboxylic acids is 1. The molecule has 1 aromatic carbocycles. The van der Waals surface area contributed by atoms with Gasteiger partial charge in [-0.25, -0.2) is 9.37 Å². The molecule has 0 spiro atoms. The summed E-state index contributed by atoms with van der Waals surface area (Å²) in [5.41, 5.74) is 2.65. The molecule has 0 aliphatic carbocycles. The minimum Gasteiger partial charge on any atom is -0.465 e. The van der Waals surface area contributed by atoms with Crippen LogP contribution < -0.4 is 10.1 Å². The van der Waals surface area contributed by atoms with Crippen molar-refractivity contribution in [2.24, 2.45) is 0 Å². The monoisotopic (exact) mass is 298 g/mol. The fourth-order valence-electron chi connectivity index (χ4n) is 1.59. The third kappa shape index (κ3) is 3.92. The fourth-order valence-corrected chi connectivity index (χ4v) is 2.67. The topological polar surface area (TPSA) is 44.8 Å². The SMILES string of the molecule is COC(=O)c1cc(C)c(C)c([SiH3])c1OO[Si](C)(C)C. The van der Waals surface area contributed by atoms with Crippen molar-refractivity contribution in [3.8, 4) is 5.75 Å². The lowest BCUT2D eigenvalue weighted by Gasteiger charge is -2.20. The van der Waals surface area contributed by atoms with Gasteiger partial charge in [0.2, 0.25) is 8.32 Å². The van der Waals surface area contributed by atoms with E-state index in [-0.39, 0.29) is 0 Å². The summed E-state index contributed by atoms with van der Waals surface area (Å²) in [6.45, 7) is 10.1. The summed E-state index contributed by atoms with van der Waals surface area (Å²) in [6, 6.07) is 1.80. The Balaban J connectivity index is 3.26. The smallest absolute Gasteiger partial charge is 0.341 e. The lowest BCUT2D eigenvalue weighted by molar-refractivity contribution is -0.111. The predicted molar refractivity (Wildman–Crippen MR) is 81.9 cm³/mol. The van der Waals surface area contributed by atoms with E-state index >= 15 is 0 Å². The highest BCUT2D eigenvalue weighted by molar-refractivity contribution is 6.69. The second kappa shape index (κ2) is 5.89. The Hall–Kier alpha value is -1.12. The Morgan fingerprint density at radius 1 is 1.26 bits per heavy atom. The number of hydrogen-bond donors (Lipinski definition) is 0. The number of ether oxygens (including phenoxy) is 1. The predicted octanol–water partition coefficient (Wildman–Crippen LogP) is 1.23. The van der Waals surface area contributed by atoms with Crippen molar-refractivity contribution >= 4 is 29.7 Å². The highest BCUT2D eigenvalue weighted by Crippen LogP contribution is 2.22. The largest absolute Gasteiger partial charge is 0.465 e. The maximum Gasteiger partial charge on any atom is 0.341 e. The first-order chi connectivity index (χ1) is 8.67. The van der Waals surface area contributed by atoms with E-state index in [1.54, 1.807) is 6.07 Å². The van der Waals surface area contributed by atoms with Crippen LogP contribution in [-0.4, -0.2) is 31.6 Å². The summed E-state index contributed by atoms with van der Waals surface area (Å²) >= 11 is 0. The number of esters is 1. The van der Waals surface area contributed by atoms with E-state index in [4.69, 9.17) is 14.2 Å². The van der Waals surface area contributed by atoms with E-state index in [1.165, 1.54) is 7.11 Å². The second-order valence-electron chi connectivity index (χ2n) is 5.59. The Labute approximate surface area is 118 Å². The van der Waals surface area contributed by atoms with Crippen LogP contribution in [0.2, 0.25) is 19.6 Å². The van der Waals surface area contributed by atoms with Gasteiger partial charge in [-0.3, -0.25) is 0 Å². The van der Waals surface area contributed by atoms with Gasteiger partial charge >= 0.3 is 5.97 Å². The first-order valence-corrected chi connectivity index (χ1v) is 10.6. The molecule has 0 heterocycles. The van der Waals surface area contributed by atoms with Crippen molar-refractivity contribution in [1.82, 2.24) is 0 Å². The quantitative estimate of drug-likeness (QED) is 0.363. The molecule has 0 amide bonds. The van der Waals surface area contributed by atoms with Gasteiger partial charge in [-0.1, -0.05) is 0 Å². The summed E-state index contributed by atoms with van der Waals surface area (Å²) in [6.07, 6.45) is 0. The van der Waals surface area contributed by atoms with Crippen LogP contribution in [0.5, 0.6) is 5.75 Å². The zero-order valence-corrected chi connectivity index (χ0v) is 15.7. The van der Waals surface area contributed by atoms with Gasteiger partial charge in [-0.05, 0) is 55.9 Å². The molecule has 0 saturated heterocycles. The molecule has 4 nitrogen and oxygen atoms in total. The van der Waals surface area contributed by atoms with Crippen molar-refractivity contribution in [2.75, 3.05) is 7.11 Å². The minimum atomic E-state index is -1.82. The van der Waals surface area contributed by atoms with Crippen LogP contribution in [0.4, 0.5) is 0 Å². The highest BCUT2D eigenvalue weighted by Gasteiger charge is 2.23. The zero-order valence-electron chi connectivity index (χ0n) is 12.7. The first-order valence-electron chi connectivity index (χ1n) is 6.22. The zero-order chi connectivity index (χ0) is 14.8. The van der Waals surface area contributed by atoms with Crippen LogP contribution in [0.25, 0.3) is 0 Å². The molecule has 0 N–H and O–H groups in total. The number of carbonyl (C=O) groups is 1. The standard InChI is InChI=1S/C13H22O4Si2/c1-8-7-10(13(14)15-3)11(12(18)9(8)2)16-17-19(4,5)6/h7H,1-6,18H3. The van der Waals surface area contributed by atoms with Crippen LogP contribution in [0.3, 0.4) is 0 Å². The Morgan fingerprint density at radius 2 is 1.84 bits per heavy atom. The van der Waals surface area contributed by atoms with Crippen molar-refractivity contribution < 1.29 is 19.0 Å². The average Bonchev–Trinajstić information content (AvgIpc) is 2.32. The average molecular weight is 298 g/mol. The molecular formula is C13H22O4Si2. The number of benzene rings is 1. The van der Waals surface area contributed by atoms with Gasteiger partial charge in [-0.15, -0.1) is 0 Å². The van der Waals surface area contributed by atoms with Crippen molar-refractivity contribution in [3.05, 3.63) is 22.8 Å². The molecule has 106 valence electrons. The van der Waals surface area contributed by atoms with Gasteiger partial charge in [0, 0.05) is 10.2 Å². The summed E-state index contributed by atoms with van der Waals surface area (Å²) in [7, 11) is 0.325. The summed E-state index contributed by atoms with van der Waals surface area (Å²) in [5, 5.41) is 1.04. The Morgan fingerprint density at radius 3 is 2.32 bits per heavy atom. The second-order valence-corrected chi connectivity index (χ2v) is 11.0. The van der Waals surface area contributed by atoms with Crippen LogP contribution >= 0.6 is 0 Å². The molecule has 0 aliphatic heterocycles. The van der Waals surface area contributed by atoms with E-state index in [0.29, 0.717) is 11.3 Å². The summed E-state index contributed by atoms with van der Waals surface area (Å²) in [4.78, 5) is 17.3. The van der Waals surface area contributed by atoms with Crippen LogP contribution in [0.15, 0.2) is 6.07 Å². The molecule has 1 aromatic rings. The summed E-state index contributed by atoms with van der Waals surface area (Å²) < 4.78 is 10.3. The van der Waals surface area contributed by atoms with Gasteiger partial charge in [0.15, 0.2) is 5.75 Å². The van der Waals surface area contributed by atoms with Crippen LogP contribution in [0.1, 0.15) is 21.5 Å². The van der Waals surface area contributed by atoms with Gasteiger partial charge in [0.05, 0.1) is 7.11 Å². The molecular weight excluding hydrogens is 276 g/mol. The molecule has 0 aliphatic rings. The number of aryl methyl sites for hydroxylation is 1. The molecule has 1 rings (SSSR count). The molecule has 0 radical (unpaired) electrons. The lowest BCUT2D eigenvalue weighted by Crippen LogP contribution is -2.30. The van der Waals surface area contributed by atoms with E-state index in [0.717, 1.165) is 26.6 Å². The Kier molecular flexibility index (Phi) is 4.94. The van der Waals surface area contributed by atoms with Gasteiger partial charge < -0.3 is 9.62 Å². The molecule has 0 saturated carbocycles. The normalized spacial score (nSPS) is 11.5. The van der Waals surface area contributed by atoms with E-state index < -0.39 is 14.3 Å². The Bertz CT molecular complexity index is 492. The third-order valence-corrected chi connectivity index (χ3v) is 4.67. The third-order valence-electron chi connectivity index (χ3n) is 2.88. The fraction of sp³-hybridized carbons (Fsp3) is 0.462. The molecule has 0 aromatic heterocycles. The maximum absolute atomic E-state index is 11.8. The molecule has 0 fully saturated rings. The lowest BCUT2D eigenvalue weighted by atomic mass is 10.0. The number of hydrogen-bond acceptors (Lipinski definition) is 4. The van der Waals surface area contributed by atoms with Gasteiger partial charge in [0.25, 0.3) is 0 Å². The van der Waals surface area contributed by atoms with Crippen molar-refractivity contribution in [2.45, 2.75) is 33.5 Å². The van der Waals surface area contributed by atoms with Crippen LogP contribution in [-0.2, 0) is 9.31 Å². The minimum absolute atomic E-state index is 0.394. The molecule has 0 bridgehead atoms. The van der Waals surface area contributed by atoms with Crippen molar-refractivity contribution in [1.29, 1.82) is 0 Å². The van der Waals surface area contributed by atoms with Gasteiger partial charge in [0.1, 0.15) is 5.56 Å². The maximum atomic E-state index is 11.8.